The standard InChI is InChI=1S/C29H36N6O2/c1-3-4-5-8-22(2)19-32-28(37)35-18-15-29(21-35)13-16-34(17-14-29)26-12-11-23(20-31-26)27(36)33-25-10-7-6-9-24(25)30/h3-7,9-12,20H,1-2,8,13-19,21,30H2,(H,32,37)(H,33,36). The van der Waals surface area contributed by atoms with E-state index in [1.807, 2.05) is 35.3 Å². The molecule has 2 fully saturated rings. The van der Waals surface area contributed by atoms with Gasteiger partial charge in [-0.05, 0) is 55.4 Å². The van der Waals surface area contributed by atoms with E-state index >= 15 is 0 Å². The molecule has 1 spiro atoms. The number of rotatable bonds is 8. The van der Waals surface area contributed by atoms with E-state index in [4.69, 9.17) is 5.73 Å². The zero-order valence-corrected chi connectivity index (χ0v) is 21.3. The fourth-order valence-corrected chi connectivity index (χ4v) is 4.96. The van der Waals surface area contributed by atoms with Crippen molar-refractivity contribution < 1.29 is 9.59 Å². The quantitative estimate of drug-likeness (QED) is 0.279. The summed E-state index contributed by atoms with van der Waals surface area (Å²) in [5.41, 5.74) is 8.64. The lowest BCUT2D eigenvalue weighted by molar-refractivity contribution is 0.102. The van der Waals surface area contributed by atoms with Crippen LogP contribution in [0.1, 0.15) is 36.0 Å². The monoisotopic (exact) mass is 500 g/mol. The van der Waals surface area contributed by atoms with Crippen molar-refractivity contribution >= 4 is 29.1 Å². The van der Waals surface area contributed by atoms with Gasteiger partial charge in [-0.15, -0.1) is 0 Å². The maximum Gasteiger partial charge on any atom is 0.317 e. The first kappa shape index (κ1) is 26.0. The molecule has 2 aromatic rings. The molecular weight excluding hydrogens is 464 g/mol. The number of carbonyl (C=O) groups excluding carboxylic acids is 2. The summed E-state index contributed by atoms with van der Waals surface area (Å²) in [6, 6.07) is 10.8. The Morgan fingerprint density at radius 2 is 1.86 bits per heavy atom. The van der Waals surface area contributed by atoms with Crippen LogP contribution in [0.15, 0.2) is 79.6 Å². The average Bonchev–Trinajstić information content (AvgIpc) is 3.33. The summed E-state index contributed by atoms with van der Waals surface area (Å²) >= 11 is 0. The predicted octanol–water partition coefficient (Wildman–Crippen LogP) is 4.61. The summed E-state index contributed by atoms with van der Waals surface area (Å²) < 4.78 is 0. The van der Waals surface area contributed by atoms with E-state index in [1.165, 1.54) is 0 Å². The highest BCUT2D eigenvalue weighted by molar-refractivity contribution is 6.05. The Bertz CT molecular complexity index is 1170. The predicted molar refractivity (Wildman–Crippen MR) is 150 cm³/mol. The molecule has 1 aromatic heterocycles. The third-order valence-corrected chi connectivity index (χ3v) is 7.26. The summed E-state index contributed by atoms with van der Waals surface area (Å²) in [6.07, 6.45) is 11.0. The van der Waals surface area contributed by atoms with Crippen LogP contribution in [0.25, 0.3) is 0 Å². The highest BCUT2D eigenvalue weighted by Gasteiger charge is 2.42. The van der Waals surface area contributed by atoms with Crippen LogP contribution >= 0.6 is 0 Å². The number of piperidine rings is 1. The first-order chi connectivity index (χ1) is 17.9. The van der Waals surface area contributed by atoms with E-state index in [1.54, 1.807) is 30.5 Å². The van der Waals surface area contributed by atoms with Crippen molar-refractivity contribution in [2.24, 2.45) is 5.41 Å². The molecule has 194 valence electrons. The number of nitrogens with one attached hydrogen (secondary N) is 2. The molecule has 4 rings (SSSR count). The maximum absolute atomic E-state index is 12.7. The number of carbonyl (C=O) groups is 2. The van der Waals surface area contributed by atoms with Crippen molar-refractivity contribution in [3.05, 3.63) is 85.1 Å². The van der Waals surface area contributed by atoms with Gasteiger partial charge in [0.1, 0.15) is 5.82 Å². The molecule has 0 atom stereocenters. The number of benzene rings is 1. The SMILES string of the molecule is C=CC=CCC(=C)CNC(=O)N1CCC2(CCN(c3ccc(C(=O)Nc4ccccc4N)cn3)CC2)C1. The van der Waals surface area contributed by atoms with Gasteiger partial charge in [-0.2, -0.15) is 0 Å². The average molecular weight is 501 g/mol. The molecule has 1 aromatic carbocycles. The van der Waals surface area contributed by atoms with Crippen molar-refractivity contribution in [2.45, 2.75) is 25.7 Å². The van der Waals surface area contributed by atoms with E-state index < -0.39 is 0 Å². The highest BCUT2D eigenvalue weighted by Crippen LogP contribution is 2.41. The van der Waals surface area contributed by atoms with Crippen molar-refractivity contribution in [1.29, 1.82) is 0 Å². The van der Waals surface area contributed by atoms with Crippen molar-refractivity contribution in [3.8, 4) is 0 Å². The number of nitrogen functional groups attached to an aromatic ring is 1. The Hall–Kier alpha value is -4.07. The summed E-state index contributed by atoms with van der Waals surface area (Å²) in [6.45, 7) is 11.5. The lowest BCUT2D eigenvalue weighted by atomic mass is 9.78. The molecule has 2 aliphatic rings. The van der Waals surface area contributed by atoms with Crippen LogP contribution in [0.5, 0.6) is 0 Å². The first-order valence-electron chi connectivity index (χ1n) is 12.7. The van der Waals surface area contributed by atoms with Crippen LogP contribution in [-0.4, -0.2) is 54.5 Å². The number of likely N-dealkylation sites (tertiary alicyclic amines) is 1. The van der Waals surface area contributed by atoms with Crippen LogP contribution in [0.2, 0.25) is 0 Å². The minimum Gasteiger partial charge on any atom is -0.397 e. The number of hydrogen-bond donors (Lipinski definition) is 3. The van der Waals surface area contributed by atoms with Gasteiger partial charge < -0.3 is 26.2 Å². The number of nitrogens with two attached hydrogens (primary N) is 1. The van der Waals surface area contributed by atoms with Gasteiger partial charge in [0, 0.05) is 38.9 Å². The normalized spacial score (nSPS) is 16.6. The summed E-state index contributed by atoms with van der Waals surface area (Å²) in [5, 5.41) is 5.84. The van der Waals surface area contributed by atoms with Crippen molar-refractivity contribution in [2.75, 3.05) is 48.7 Å². The molecule has 3 amide bonds. The van der Waals surface area contributed by atoms with Gasteiger partial charge in [0.05, 0.1) is 16.9 Å². The number of pyridine rings is 1. The summed E-state index contributed by atoms with van der Waals surface area (Å²) in [4.78, 5) is 34.0. The highest BCUT2D eigenvalue weighted by atomic mass is 16.2. The molecule has 8 nitrogen and oxygen atoms in total. The van der Waals surface area contributed by atoms with E-state index in [2.05, 4.69) is 33.7 Å². The second-order valence-electron chi connectivity index (χ2n) is 9.88. The molecule has 0 unspecified atom stereocenters. The number of amides is 3. The molecule has 0 saturated carbocycles. The molecule has 3 heterocycles. The van der Waals surface area contributed by atoms with E-state index in [9.17, 15) is 9.59 Å². The maximum atomic E-state index is 12.7. The molecular formula is C29H36N6O2. The van der Waals surface area contributed by atoms with Gasteiger partial charge in [0.25, 0.3) is 5.91 Å². The van der Waals surface area contributed by atoms with Gasteiger partial charge in [-0.3, -0.25) is 4.79 Å². The topological polar surface area (TPSA) is 104 Å². The van der Waals surface area contributed by atoms with Gasteiger partial charge >= 0.3 is 6.03 Å². The molecule has 2 aliphatic heterocycles. The second-order valence-corrected chi connectivity index (χ2v) is 9.88. The third kappa shape index (κ3) is 6.58. The molecule has 4 N–H and O–H groups in total. The lowest BCUT2D eigenvalue weighted by Gasteiger charge is -2.39. The summed E-state index contributed by atoms with van der Waals surface area (Å²) in [5.74, 6) is 0.623. The van der Waals surface area contributed by atoms with E-state index in [0.717, 1.165) is 63.3 Å². The molecule has 0 radical (unpaired) electrons. The fourth-order valence-electron chi connectivity index (χ4n) is 4.96. The third-order valence-electron chi connectivity index (χ3n) is 7.26. The zero-order chi connectivity index (χ0) is 26.3. The van der Waals surface area contributed by atoms with Crippen molar-refractivity contribution in [1.82, 2.24) is 15.2 Å². The van der Waals surface area contributed by atoms with Crippen LogP contribution < -0.4 is 21.3 Å². The van der Waals surface area contributed by atoms with Crippen LogP contribution in [0, 0.1) is 5.41 Å². The molecule has 0 aliphatic carbocycles. The van der Waals surface area contributed by atoms with Crippen LogP contribution in [0.4, 0.5) is 22.0 Å². The van der Waals surface area contributed by atoms with Gasteiger partial charge in [0.2, 0.25) is 0 Å². The Morgan fingerprint density at radius 1 is 1.11 bits per heavy atom. The van der Waals surface area contributed by atoms with Gasteiger partial charge in [0.15, 0.2) is 0 Å². The molecule has 37 heavy (non-hydrogen) atoms. The zero-order valence-electron chi connectivity index (χ0n) is 21.3. The van der Waals surface area contributed by atoms with Gasteiger partial charge in [-0.1, -0.05) is 49.1 Å². The number of nitrogens with zero attached hydrogens (tertiary/aromatic N) is 3. The fraction of sp³-hybridized carbons (Fsp3) is 0.345. The largest absolute Gasteiger partial charge is 0.397 e. The summed E-state index contributed by atoms with van der Waals surface area (Å²) in [7, 11) is 0. The lowest BCUT2D eigenvalue weighted by Crippen LogP contribution is -2.44. The van der Waals surface area contributed by atoms with Gasteiger partial charge in [-0.25, -0.2) is 9.78 Å². The Kier molecular flexibility index (Phi) is 8.28. The molecule has 2 saturated heterocycles. The number of hydrogen-bond acceptors (Lipinski definition) is 5. The van der Waals surface area contributed by atoms with E-state index in [-0.39, 0.29) is 17.4 Å². The number of urea groups is 1. The van der Waals surface area contributed by atoms with E-state index in [0.29, 0.717) is 23.5 Å². The Labute approximate surface area is 218 Å². The Morgan fingerprint density at radius 3 is 2.57 bits per heavy atom. The van der Waals surface area contributed by atoms with Crippen molar-refractivity contribution in [3.63, 3.8) is 0 Å². The second kappa shape index (κ2) is 11.8. The first-order valence-corrected chi connectivity index (χ1v) is 12.7. The number of aromatic nitrogens is 1. The Balaban J connectivity index is 1.25. The number of anilines is 3. The molecule has 8 heteroatoms. The number of para-hydroxylation sites is 2. The smallest absolute Gasteiger partial charge is 0.317 e. The van der Waals surface area contributed by atoms with Crippen LogP contribution in [-0.2, 0) is 0 Å². The minimum absolute atomic E-state index is 0.0130. The molecule has 0 bridgehead atoms. The minimum atomic E-state index is -0.240. The van der Waals surface area contributed by atoms with Crippen LogP contribution in [0.3, 0.4) is 0 Å². The number of allylic oxidation sites excluding steroid dienone is 3.